The van der Waals surface area contributed by atoms with E-state index in [0.717, 1.165) is 11.9 Å². The van der Waals surface area contributed by atoms with E-state index in [0.29, 0.717) is 11.3 Å². The molecule has 4 N–H and O–H groups in total. The maximum absolute atomic E-state index is 10.1. The molecule has 6 heteroatoms. The van der Waals surface area contributed by atoms with Crippen LogP contribution in [-0.4, -0.2) is 37.0 Å². The number of fused-ring (bicyclic) bond motifs is 1. The van der Waals surface area contributed by atoms with Gasteiger partial charge in [-0.15, -0.1) is 0 Å². The van der Waals surface area contributed by atoms with Gasteiger partial charge in [0.05, 0.1) is 24.0 Å². The van der Waals surface area contributed by atoms with Crippen LogP contribution in [0.25, 0.3) is 11.0 Å². The van der Waals surface area contributed by atoms with E-state index in [9.17, 15) is 10.2 Å². The smallest absolute Gasteiger partial charge is 0.151 e. The minimum Gasteiger partial charge on any atom is -0.390 e. The van der Waals surface area contributed by atoms with Gasteiger partial charge in [0.15, 0.2) is 5.82 Å². The minimum absolute atomic E-state index is 0.0710. The van der Waals surface area contributed by atoms with Crippen molar-refractivity contribution in [2.45, 2.75) is 31.6 Å². The molecule has 0 aromatic carbocycles. The molecule has 1 saturated carbocycles. The molecule has 0 radical (unpaired) electrons. The molecule has 4 atom stereocenters. The molecule has 3 rings (SSSR count). The first-order chi connectivity index (χ1) is 8.59. The second-order valence-electron chi connectivity index (χ2n) is 4.98. The second-order valence-corrected chi connectivity index (χ2v) is 4.98. The number of aliphatic hydroxyl groups is 2. The Labute approximate surface area is 104 Å². The maximum atomic E-state index is 10.1. The molecule has 0 saturated heterocycles. The first-order valence-corrected chi connectivity index (χ1v) is 6.02. The number of hydrogen-bond acceptors (Lipinski definition) is 5. The van der Waals surface area contributed by atoms with Gasteiger partial charge in [-0.1, -0.05) is 6.92 Å². The molecule has 0 unspecified atom stereocenters. The number of nitrogens with two attached hydrogens (primary N) is 1. The van der Waals surface area contributed by atoms with Crippen LogP contribution in [0.4, 0.5) is 5.82 Å². The number of aliphatic hydroxyl groups excluding tert-OH is 2. The molecule has 0 amide bonds. The van der Waals surface area contributed by atoms with Crippen LogP contribution in [0.15, 0.2) is 18.6 Å². The Bertz CT molecular complexity index is 582. The van der Waals surface area contributed by atoms with Crippen LogP contribution in [-0.2, 0) is 0 Å². The van der Waals surface area contributed by atoms with Crippen LogP contribution in [0, 0.1) is 5.92 Å². The molecule has 0 aliphatic heterocycles. The van der Waals surface area contributed by atoms with E-state index in [1.165, 1.54) is 0 Å². The third-order valence-electron chi connectivity index (χ3n) is 3.82. The van der Waals surface area contributed by atoms with Crippen LogP contribution < -0.4 is 5.73 Å². The Morgan fingerprint density at radius 1 is 1.33 bits per heavy atom. The van der Waals surface area contributed by atoms with E-state index in [1.54, 1.807) is 12.5 Å². The summed E-state index contributed by atoms with van der Waals surface area (Å²) in [5, 5.41) is 19.9. The largest absolute Gasteiger partial charge is 0.390 e. The van der Waals surface area contributed by atoms with E-state index in [4.69, 9.17) is 5.73 Å². The predicted octanol–water partition coefficient (Wildman–Crippen LogP) is 0.316. The van der Waals surface area contributed by atoms with Crippen LogP contribution in [0.3, 0.4) is 0 Å². The van der Waals surface area contributed by atoms with Crippen LogP contribution >= 0.6 is 0 Å². The Hall–Kier alpha value is -1.66. The molecule has 1 aliphatic carbocycles. The molecule has 1 aliphatic rings. The van der Waals surface area contributed by atoms with E-state index < -0.39 is 12.2 Å². The summed E-state index contributed by atoms with van der Waals surface area (Å²) in [6, 6.07) is 1.66. The van der Waals surface area contributed by atoms with Crippen molar-refractivity contribution in [2.24, 2.45) is 5.92 Å². The summed E-state index contributed by atoms with van der Waals surface area (Å²) in [4.78, 5) is 8.22. The van der Waals surface area contributed by atoms with Gasteiger partial charge in [-0.3, -0.25) is 0 Å². The van der Waals surface area contributed by atoms with Crippen molar-refractivity contribution in [3.8, 4) is 0 Å². The van der Waals surface area contributed by atoms with Gasteiger partial charge in [0.25, 0.3) is 0 Å². The quantitative estimate of drug-likeness (QED) is 0.675. The lowest BCUT2D eigenvalue weighted by Gasteiger charge is -2.18. The Morgan fingerprint density at radius 3 is 2.78 bits per heavy atom. The molecule has 2 aromatic heterocycles. The van der Waals surface area contributed by atoms with E-state index in [1.807, 2.05) is 17.6 Å². The van der Waals surface area contributed by atoms with Crippen molar-refractivity contribution in [1.29, 1.82) is 0 Å². The second kappa shape index (κ2) is 3.93. The zero-order valence-corrected chi connectivity index (χ0v) is 10.1. The van der Waals surface area contributed by atoms with Gasteiger partial charge in [-0.2, -0.15) is 0 Å². The molecule has 18 heavy (non-hydrogen) atoms. The third kappa shape index (κ3) is 1.49. The number of nitrogens with zero attached hydrogens (tertiary/aromatic N) is 3. The van der Waals surface area contributed by atoms with E-state index >= 15 is 0 Å². The number of nitrogen functional groups attached to an aromatic ring is 1. The number of hydrogen-bond donors (Lipinski definition) is 3. The van der Waals surface area contributed by atoms with Gasteiger partial charge < -0.3 is 20.5 Å². The fourth-order valence-electron chi connectivity index (χ4n) is 2.75. The molecule has 6 nitrogen and oxygen atoms in total. The molecule has 0 spiro atoms. The van der Waals surface area contributed by atoms with Crippen molar-refractivity contribution in [1.82, 2.24) is 14.5 Å². The lowest BCUT2D eigenvalue weighted by atomic mass is 10.1. The maximum Gasteiger partial charge on any atom is 0.151 e. The number of anilines is 1. The van der Waals surface area contributed by atoms with Crippen molar-refractivity contribution >= 4 is 16.9 Å². The summed E-state index contributed by atoms with van der Waals surface area (Å²) in [6.45, 7) is 1.93. The molecule has 2 heterocycles. The SMILES string of the molecule is C[C@@H]1C[C@H](n2cnc3c(N)nccc32)[C@@H](O)[C@H]1O. The molecular weight excluding hydrogens is 232 g/mol. The van der Waals surface area contributed by atoms with Crippen molar-refractivity contribution in [3.63, 3.8) is 0 Å². The average Bonchev–Trinajstić information content (AvgIpc) is 2.88. The normalized spacial score (nSPS) is 32.2. The molecule has 1 fully saturated rings. The molecular formula is C12H16N4O2. The van der Waals surface area contributed by atoms with Gasteiger partial charge in [-0.25, -0.2) is 9.97 Å². The summed E-state index contributed by atoms with van der Waals surface area (Å²) in [6.07, 6.45) is 2.53. The summed E-state index contributed by atoms with van der Waals surface area (Å²) in [5.41, 5.74) is 7.24. The van der Waals surface area contributed by atoms with Gasteiger partial charge in [0, 0.05) is 6.20 Å². The fourth-order valence-corrected chi connectivity index (χ4v) is 2.75. The number of rotatable bonds is 1. The summed E-state index contributed by atoms with van der Waals surface area (Å²) in [5.74, 6) is 0.453. The highest BCUT2D eigenvalue weighted by molar-refractivity contribution is 5.84. The van der Waals surface area contributed by atoms with Gasteiger partial charge in [0.1, 0.15) is 11.6 Å². The monoisotopic (exact) mass is 248 g/mol. The first kappa shape index (κ1) is 11.4. The summed E-state index contributed by atoms with van der Waals surface area (Å²) < 4.78 is 1.88. The van der Waals surface area contributed by atoms with Crippen molar-refractivity contribution in [2.75, 3.05) is 5.73 Å². The summed E-state index contributed by atoms with van der Waals surface area (Å²) >= 11 is 0. The van der Waals surface area contributed by atoms with E-state index in [-0.39, 0.29) is 12.0 Å². The highest BCUT2D eigenvalue weighted by Crippen LogP contribution is 2.36. The van der Waals surface area contributed by atoms with Crippen LogP contribution in [0.2, 0.25) is 0 Å². The van der Waals surface area contributed by atoms with Crippen LogP contribution in [0.1, 0.15) is 19.4 Å². The predicted molar refractivity (Wildman–Crippen MR) is 66.8 cm³/mol. The standard InChI is InChI=1S/C12H16N4O2/c1-6-4-8(11(18)10(6)17)16-5-15-9-7(16)2-3-14-12(9)13/h2-3,5-6,8,10-11,17-18H,4H2,1H3,(H2,13,14)/t6-,8+,10+,11-/m1/s1. The zero-order valence-electron chi connectivity index (χ0n) is 10.1. The first-order valence-electron chi connectivity index (χ1n) is 6.02. The van der Waals surface area contributed by atoms with E-state index in [2.05, 4.69) is 9.97 Å². The summed E-state index contributed by atoms with van der Waals surface area (Å²) in [7, 11) is 0. The van der Waals surface area contributed by atoms with Gasteiger partial charge >= 0.3 is 0 Å². The average molecular weight is 248 g/mol. The highest BCUT2D eigenvalue weighted by Gasteiger charge is 2.40. The third-order valence-corrected chi connectivity index (χ3v) is 3.82. The Morgan fingerprint density at radius 2 is 2.11 bits per heavy atom. The van der Waals surface area contributed by atoms with Gasteiger partial charge in [0.2, 0.25) is 0 Å². The van der Waals surface area contributed by atoms with Crippen molar-refractivity contribution < 1.29 is 10.2 Å². The highest BCUT2D eigenvalue weighted by atomic mass is 16.3. The van der Waals surface area contributed by atoms with Gasteiger partial charge in [-0.05, 0) is 18.4 Å². The zero-order chi connectivity index (χ0) is 12.9. The fraction of sp³-hybridized carbons (Fsp3) is 0.500. The number of aromatic nitrogens is 3. The molecule has 2 aromatic rings. The lowest BCUT2D eigenvalue weighted by molar-refractivity contribution is 0.00971. The topological polar surface area (TPSA) is 97.2 Å². The Kier molecular flexibility index (Phi) is 2.49. The number of imidazole rings is 1. The molecule has 0 bridgehead atoms. The minimum atomic E-state index is -0.771. The number of pyridine rings is 1. The molecule has 96 valence electrons. The Balaban J connectivity index is 2.08. The van der Waals surface area contributed by atoms with Crippen LogP contribution in [0.5, 0.6) is 0 Å². The van der Waals surface area contributed by atoms with Crippen molar-refractivity contribution in [3.05, 3.63) is 18.6 Å². The lowest BCUT2D eigenvalue weighted by Crippen LogP contribution is -2.28.